The number of anilines is 1. The SMILES string of the molecule is Cc1c(Cl)cccc1NBr. The summed E-state index contributed by atoms with van der Waals surface area (Å²) in [7, 11) is 0. The molecule has 0 heterocycles. The fourth-order valence-electron chi connectivity index (χ4n) is 0.710. The molecule has 0 atom stereocenters. The Morgan fingerprint density at radius 2 is 2.20 bits per heavy atom. The number of halogens is 2. The zero-order valence-electron chi connectivity index (χ0n) is 5.49. The molecule has 0 aliphatic carbocycles. The number of rotatable bonds is 1. The van der Waals surface area contributed by atoms with Crippen molar-refractivity contribution in [1.82, 2.24) is 0 Å². The second-order valence-electron chi connectivity index (χ2n) is 2.01. The van der Waals surface area contributed by atoms with Gasteiger partial charge in [0.15, 0.2) is 0 Å². The van der Waals surface area contributed by atoms with Gasteiger partial charge in [-0.05, 0) is 24.6 Å². The van der Waals surface area contributed by atoms with Gasteiger partial charge in [0.25, 0.3) is 0 Å². The molecule has 0 bridgehead atoms. The maximum Gasteiger partial charge on any atom is 0.0485 e. The van der Waals surface area contributed by atoms with E-state index in [4.69, 9.17) is 11.6 Å². The third-order valence-electron chi connectivity index (χ3n) is 1.37. The molecule has 54 valence electrons. The molecule has 0 spiro atoms. The summed E-state index contributed by atoms with van der Waals surface area (Å²) in [6.07, 6.45) is 0. The topological polar surface area (TPSA) is 12.0 Å². The highest BCUT2D eigenvalue weighted by molar-refractivity contribution is 9.10. The third kappa shape index (κ3) is 1.44. The van der Waals surface area contributed by atoms with Crippen molar-refractivity contribution in [2.24, 2.45) is 0 Å². The first-order valence-corrected chi connectivity index (χ1v) is 4.04. The first-order chi connectivity index (χ1) is 4.75. The van der Waals surface area contributed by atoms with Gasteiger partial charge in [-0.1, -0.05) is 17.7 Å². The van der Waals surface area contributed by atoms with Crippen molar-refractivity contribution in [3.63, 3.8) is 0 Å². The highest BCUT2D eigenvalue weighted by atomic mass is 79.9. The fraction of sp³-hybridized carbons (Fsp3) is 0.143. The zero-order valence-corrected chi connectivity index (χ0v) is 7.83. The summed E-state index contributed by atoms with van der Waals surface area (Å²) in [6, 6.07) is 5.72. The third-order valence-corrected chi connectivity index (χ3v) is 2.21. The lowest BCUT2D eigenvalue weighted by molar-refractivity contribution is 1.47. The van der Waals surface area contributed by atoms with Gasteiger partial charge in [0.2, 0.25) is 0 Å². The average Bonchev–Trinajstić information content (AvgIpc) is 1.95. The summed E-state index contributed by atoms with van der Waals surface area (Å²) in [5.74, 6) is 0. The van der Waals surface area contributed by atoms with Gasteiger partial charge < -0.3 is 4.34 Å². The Morgan fingerprint density at radius 1 is 1.50 bits per heavy atom. The van der Waals surface area contributed by atoms with E-state index in [1.54, 1.807) is 0 Å². The molecule has 0 amide bonds. The minimum atomic E-state index is 0.782. The van der Waals surface area contributed by atoms with Gasteiger partial charge in [-0.25, -0.2) is 0 Å². The molecule has 0 aromatic heterocycles. The molecule has 0 saturated heterocycles. The molecule has 1 nitrogen and oxygen atoms in total. The number of hydrogen-bond acceptors (Lipinski definition) is 1. The molecule has 1 rings (SSSR count). The minimum Gasteiger partial charge on any atom is -0.322 e. The lowest BCUT2D eigenvalue weighted by Crippen LogP contribution is -1.84. The molecule has 1 aromatic rings. The Labute approximate surface area is 73.7 Å². The van der Waals surface area contributed by atoms with Crippen molar-refractivity contribution in [2.45, 2.75) is 6.92 Å². The summed E-state index contributed by atoms with van der Waals surface area (Å²) in [4.78, 5) is 0. The van der Waals surface area contributed by atoms with Crippen LogP contribution < -0.4 is 4.34 Å². The van der Waals surface area contributed by atoms with E-state index in [1.807, 2.05) is 25.1 Å². The van der Waals surface area contributed by atoms with Crippen molar-refractivity contribution < 1.29 is 0 Å². The Bertz CT molecular complexity index is 237. The van der Waals surface area contributed by atoms with Crippen LogP contribution in [-0.2, 0) is 0 Å². The normalized spacial score (nSPS) is 9.50. The molecule has 0 aliphatic rings. The van der Waals surface area contributed by atoms with Crippen molar-refractivity contribution in [3.05, 3.63) is 28.8 Å². The van der Waals surface area contributed by atoms with E-state index < -0.39 is 0 Å². The van der Waals surface area contributed by atoms with Crippen molar-refractivity contribution >= 4 is 33.4 Å². The second kappa shape index (κ2) is 3.26. The lowest BCUT2D eigenvalue weighted by atomic mass is 10.2. The van der Waals surface area contributed by atoms with Crippen LogP contribution in [0.5, 0.6) is 0 Å². The lowest BCUT2D eigenvalue weighted by Gasteiger charge is -2.03. The van der Waals surface area contributed by atoms with Gasteiger partial charge in [-0.3, -0.25) is 0 Å². The molecule has 0 radical (unpaired) electrons. The van der Waals surface area contributed by atoms with Gasteiger partial charge in [0.05, 0.1) is 0 Å². The number of nitrogens with one attached hydrogen (secondary N) is 1. The summed E-state index contributed by atoms with van der Waals surface area (Å²) in [5.41, 5.74) is 2.06. The Hall–Kier alpha value is -0.210. The summed E-state index contributed by atoms with van der Waals surface area (Å²) in [5, 5.41) is 0.782. The van der Waals surface area contributed by atoms with E-state index in [9.17, 15) is 0 Å². The first kappa shape index (κ1) is 7.89. The van der Waals surface area contributed by atoms with Gasteiger partial charge in [0.1, 0.15) is 0 Å². The van der Waals surface area contributed by atoms with E-state index in [2.05, 4.69) is 20.5 Å². The van der Waals surface area contributed by atoms with Crippen LogP contribution in [0.3, 0.4) is 0 Å². The van der Waals surface area contributed by atoms with Crippen LogP contribution >= 0.6 is 27.7 Å². The summed E-state index contributed by atoms with van der Waals surface area (Å²) >= 11 is 8.97. The predicted molar refractivity (Wildman–Crippen MR) is 48.7 cm³/mol. The molecule has 10 heavy (non-hydrogen) atoms. The average molecular weight is 220 g/mol. The van der Waals surface area contributed by atoms with E-state index in [1.165, 1.54) is 0 Å². The largest absolute Gasteiger partial charge is 0.322 e. The summed E-state index contributed by atoms with van der Waals surface area (Å²) < 4.78 is 2.86. The maximum absolute atomic E-state index is 5.83. The Kier molecular flexibility index (Phi) is 2.57. The first-order valence-electron chi connectivity index (χ1n) is 2.87. The molecule has 1 aromatic carbocycles. The Balaban J connectivity index is 3.14. The van der Waals surface area contributed by atoms with Crippen LogP contribution in [0.15, 0.2) is 18.2 Å². The molecule has 3 heteroatoms. The van der Waals surface area contributed by atoms with Crippen LogP contribution in [0.25, 0.3) is 0 Å². The quantitative estimate of drug-likeness (QED) is 0.716. The monoisotopic (exact) mass is 219 g/mol. The maximum atomic E-state index is 5.83. The molecule has 0 saturated carbocycles. The van der Waals surface area contributed by atoms with Gasteiger partial charge in [-0.2, -0.15) is 0 Å². The van der Waals surface area contributed by atoms with Gasteiger partial charge >= 0.3 is 0 Å². The molecule has 0 aliphatic heterocycles. The number of benzene rings is 1. The van der Waals surface area contributed by atoms with Crippen LogP contribution in [0.2, 0.25) is 5.02 Å². The van der Waals surface area contributed by atoms with E-state index in [0.717, 1.165) is 16.3 Å². The molecule has 0 fully saturated rings. The van der Waals surface area contributed by atoms with Crippen LogP contribution in [0.4, 0.5) is 5.69 Å². The van der Waals surface area contributed by atoms with E-state index in [-0.39, 0.29) is 0 Å². The van der Waals surface area contributed by atoms with Crippen LogP contribution in [0.1, 0.15) is 5.56 Å². The van der Waals surface area contributed by atoms with Crippen molar-refractivity contribution in [2.75, 3.05) is 4.34 Å². The van der Waals surface area contributed by atoms with Crippen molar-refractivity contribution in [1.29, 1.82) is 0 Å². The summed E-state index contributed by atoms with van der Waals surface area (Å²) in [6.45, 7) is 1.96. The molecular formula is C7H7BrClN. The van der Waals surface area contributed by atoms with Gasteiger partial charge in [0, 0.05) is 26.9 Å². The van der Waals surface area contributed by atoms with E-state index in [0.29, 0.717) is 0 Å². The van der Waals surface area contributed by atoms with Crippen molar-refractivity contribution in [3.8, 4) is 0 Å². The highest BCUT2D eigenvalue weighted by Crippen LogP contribution is 2.23. The molecule has 1 N–H and O–H groups in total. The minimum absolute atomic E-state index is 0.782. The highest BCUT2D eigenvalue weighted by Gasteiger charge is 1.97. The molecular weight excluding hydrogens is 213 g/mol. The smallest absolute Gasteiger partial charge is 0.0485 e. The van der Waals surface area contributed by atoms with Crippen LogP contribution in [0, 0.1) is 6.92 Å². The second-order valence-corrected chi connectivity index (χ2v) is 2.81. The van der Waals surface area contributed by atoms with Crippen LogP contribution in [-0.4, -0.2) is 0 Å². The zero-order chi connectivity index (χ0) is 7.56. The number of hydrogen-bond donors (Lipinski definition) is 1. The Morgan fingerprint density at radius 3 is 2.70 bits per heavy atom. The predicted octanol–water partition coefficient (Wildman–Crippen LogP) is 3.37. The standard InChI is InChI=1S/C7H7BrClN/c1-5-6(9)3-2-4-7(5)10-8/h2-4,10H,1H3. The molecule has 0 unspecified atom stereocenters. The fourth-order valence-corrected chi connectivity index (χ4v) is 1.31. The van der Waals surface area contributed by atoms with Gasteiger partial charge in [-0.15, -0.1) is 0 Å². The van der Waals surface area contributed by atoms with E-state index >= 15 is 0 Å².